The Morgan fingerprint density at radius 1 is 1.15 bits per heavy atom. The van der Waals surface area contributed by atoms with Gasteiger partial charge in [0.15, 0.2) is 0 Å². The lowest BCUT2D eigenvalue weighted by Crippen LogP contribution is -2.36. The first-order valence-electron chi connectivity index (χ1n) is 9.13. The molecule has 1 aliphatic rings. The van der Waals surface area contributed by atoms with Crippen molar-refractivity contribution in [1.29, 1.82) is 0 Å². The maximum absolute atomic E-state index is 12.8. The fourth-order valence-electron chi connectivity index (χ4n) is 3.72. The molecule has 2 aromatic carbocycles. The Hall–Kier alpha value is -2.88. The number of carbonyl (C=O) groups excluding carboxylic acids is 1. The number of hydrogen-bond acceptors (Lipinski definition) is 2. The average Bonchev–Trinajstić information content (AvgIpc) is 3.08. The number of para-hydroxylation sites is 1. The second-order valence-corrected chi connectivity index (χ2v) is 7.03. The number of amides is 1. The van der Waals surface area contributed by atoms with Crippen molar-refractivity contribution in [3.05, 3.63) is 81.6 Å². The lowest BCUT2D eigenvalue weighted by atomic mass is 10.1. The van der Waals surface area contributed by atoms with Crippen LogP contribution in [-0.2, 0) is 19.4 Å². The predicted molar refractivity (Wildman–Crippen MR) is 104 cm³/mol. The van der Waals surface area contributed by atoms with E-state index in [2.05, 4.69) is 23.5 Å². The summed E-state index contributed by atoms with van der Waals surface area (Å²) in [4.78, 5) is 25.5. The smallest absolute Gasteiger partial charge is 0.256 e. The Morgan fingerprint density at radius 2 is 1.96 bits per heavy atom. The van der Waals surface area contributed by atoms with Gasteiger partial charge in [-0.25, -0.2) is 0 Å². The number of aromatic nitrogens is 1. The summed E-state index contributed by atoms with van der Waals surface area (Å²) < 4.78 is 2.04. The Bertz CT molecular complexity index is 1020. The molecule has 0 saturated carbocycles. The monoisotopic (exact) mass is 346 g/mol. The summed E-state index contributed by atoms with van der Waals surface area (Å²) in [7, 11) is 0. The second kappa shape index (κ2) is 6.79. The van der Waals surface area contributed by atoms with E-state index in [1.807, 2.05) is 41.8 Å². The van der Waals surface area contributed by atoms with E-state index in [-0.39, 0.29) is 22.9 Å². The zero-order valence-electron chi connectivity index (χ0n) is 14.9. The SMILES string of the molecule is C[C@H](CCc1ccccc1)NC(=O)c1cn2c3c(cccc3c1=O)CC2. The molecule has 0 radical (unpaired) electrons. The first-order chi connectivity index (χ1) is 12.6. The summed E-state index contributed by atoms with van der Waals surface area (Å²) in [5.41, 5.74) is 3.48. The van der Waals surface area contributed by atoms with Gasteiger partial charge in [-0.05, 0) is 43.4 Å². The minimum absolute atomic E-state index is 0.00251. The van der Waals surface area contributed by atoms with Crippen LogP contribution in [-0.4, -0.2) is 16.5 Å². The highest BCUT2D eigenvalue weighted by Crippen LogP contribution is 2.23. The van der Waals surface area contributed by atoms with Crippen molar-refractivity contribution >= 4 is 16.8 Å². The van der Waals surface area contributed by atoms with E-state index in [0.29, 0.717) is 5.39 Å². The molecule has 3 aromatic rings. The molecular formula is C22H22N2O2. The van der Waals surface area contributed by atoms with E-state index >= 15 is 0 Å². The summed E-state index contributed by atoms with van der Waals surface area (Å²) in [5, 5.41) is 3.63. The Balaban J connectivity index is 1.52. The van der Waals surface area contributed by atoms with Gasteiger partial charge in [-0.1, -0.05) is 42.5 Å². The van der Waals surface area contributed by atoms with E-state index in [0.717, 1.165) is 31.3 Å². The quantitative estimate of drug-likeness (QED) is 0.770. The van der Waals surface area contributed by atoms with Gasteiger partial charge in [0, 0.05) is 24.2 Å². The second-order valence-electron chi connectivity index (χ2n) is 7.03. The van der Waals surface area contributed by atoms with Gasteiger partial charge in [-0.15, -0.1) is 0 Å². The average molecular weight is 346 g/mol. The third-order valence-electron chi connectivity index (χ3n) is 5.13. The largest absolute Gasteiger partial charge is 0.349 e. The number of rotatable bonds is 5. The highest BCUT2D eigenvalue weighted by atomic mass is 16.2. The van der Waals surface area contributed by atoms with Gasteiger partial charge < -0.3 is 9.88 Å². The zero-order valence-corrected chi connectivity index (χ0v) is 14.9. The summed E-state index contributed by atoms with van der Waals surface area (Å²) in [5.74, 6) is -0.279. The predicted octanol–water partition coefficient (Wildman–Crippen LogP) is 3.31. The molecule has 2 heterocycles. The lowest BCUT2D eigenvalue weighted by Gasteiger charge is -2.15. The van der Waals surface area contributed by atoms with Crippen LogP contribution in [0.5, 0.6) is 0 Å². The maximum Gasteiger partial charge on any atom is 0.256 e. The zero-order chi connectivity index (χ0) is 18.1. The molecule has 0 saturated heterocycles. The van der Waals surface area contributed by atoms with Crippen molar-refractivity contribution in [2.24, 2.45) is 0 Å². The molecular weight excluding hydrogens is 324 g/mol. The first kappa shape index (κ1) is 16.6. The van der Waals surface area contributed by atoms with E-state index in [4.69, 9.17) is 0 Å². The third kappa shape index (κ3) is 3.03. The first-order valence-corrected chi connectivity index (χ1v) is 9.13. The standard InChI is InChI=1S/C22H22N2O2/c1-15(10-11-16-6-3-2-4-7-16)23-22(26)19-14-24-13-12-17-8-5-9-18(20(17)24)21(19)25/h2-9,14-15H,10-13H2,1H3,(H,23,26)/t15-/m1/s1. The van der Waals surface area contributed by atoms with Crippen molar-refractivity contribution in [1.82, 2.24) is 9.88 Å². The van der Waals surface area contributed by atoms with Crippen LogP contribution in [0.2, 0.25) is 0 Å². The topological polar surface area (TPSA) is 51.1 Å². The molecule has 4 heteroatoms. The van der Waals surface area contributed by atoms with Crippen molar-refractivity contribution in [3.8, 4) is 0 Å². The highest BCUT2D eigenvalue weighted by Gasteiger charge is 2.21. The van der Waals surface area contributed by atoms with Gasteiger partial charge in [0.25, 0.3) is 5.91 Å². The molecule has 4 rings (SSSR count). The molecule has 0 aliphatic carbocycles. The molecule has 0 spiro atoms. The Morgan fingerprint density at radius 3 is 2.77 bits per heavy atom. The van der Waals surface area contributed by atoms with E-state index in [1.54, 1.807) is 6.20 Å². The van der Waals surface area contributed by atoms with Crippen molar-refractivity contribution in [3.63, 3.8) is 0 Å². The Labute approximate surface area is 152 Å². The van der Waals surface area contributed by atoms with Crippen molar-refractivity contribution in [2.75, 3.05) is 0 Å². The Kier molecular flexibility index (Phi) is 4.33. The molecule has 132 valence electrons. The molecule has 0 bridgehead atoms. The molecule has 26 heavy (non-hydrogen) atoms. The number of benzene rings is 2. The summed E-state index contributed by atoms with van der Waals surface area (Å²) in [6.07, 6.45) is 4.37. The van der Waals surface area contributed by atoms with E-state index < -0.39 is 0 Å². The molecule has 1 aromatic heterocycles. The summed E-state index contributed by atoms with van der Waals surface area (Å²) in [6.45, 7) is 2.80. The molecule has 1 N–H and O–H groups in total. The van der Waals surface area contributed by atoms with Crippen LogP contribution >= 0.6 is 0 Å². The lowest BCUT2D eigenvalue weighted by molar-refractivity contribution is 0.0937. The molecule has 0 unspecified atom stereocenters. The van der Waals surface area contributed by atoms with Crippen LogP contribution in [0.3, 0.4) is 0 Å². The number of aryl methyl sites for hydroxylation is 3. The number of carbonyl (C=O) groups is 1. The number of pyridine rings is 1. The van der Waals surface area contributed by atoms with Crippen LogP contribution in [0.1, 0.15) is 34.8 Å². The summed E-state index contributed by atoms with van der Waals surface area (Å²) >= 11 is 0. The summed E-state index contributed by atoms with van der Waals surface area (Å²) in [6, 6.07) is 16.0. The van der Waals surface area contributed by atoms with Crippen molar-refractivity contribution < 1.29 is 4.79 Å². The number of nitrogens with one attached hydrogen (secondary N) is 1. The van der Waals surface area contributed by atoms with Crippen LogP contribution in [0.4, 0.5) is 0 Å². The number of nitrogens with zero attached hydrogens (tertiary/aromatic N) is 1. The van der Waals surface area contributed by atoms with E-state index in [1.165, 1.54) is 11.1 Å². The molecule has 1 aliphatic heterocycles. The van der Waals surface area contributed by atoms with Gasteiger partial charge in [-0.2, -0.15) is 0 Å². The molecule has 0 fully saturated rings. The van der Waals surface area contributed by atoms with Crippen LogP contribution < -0.4 is 10.7 Å². The molecule has 1 amide bonds. The maximum atomic E-state index is 12.8. The fourth-order valence-corrected chi connectivity index (χ4v) is 3.72. The molecule has 1 atom stereocenters. The van der Waals surface area contributed by atoms with Crippen LogP contribution in [0.25, 0.3) is 10.9 Å². The fraction of sp³-hybridized carbons (Fsp3) is 0.273. The van der Waals surface area contributed by atoms with Gasteiger partial charge in [0.05, 0.1) is 5.52 Å². The van der Waals surface area contributed by atoms with Crippen molar-refractivity contribution in [2.45, 2.75) is 38.8 Å². The minimum atomic E-state index is -0.279. The van der Waals surface area contributed by atoms with Gasteiger partial charge in [0.1, 0.15) is 5.56 Å². The van der Waals surface area contributed by atoms with E-state index in [9.17, 15) is 9.59 Å². The van der Waals surface area contributed by atoms with Crippen LogP contribution in [0, 0.1) is 0 Å². The number of hydrogen-bond donors (Lipinski definition) is 1. The van der Waals surface area contributed by atoms with Gasteiger partial charge in [0.2, 0.25) is 5.43 Å². The third-order valence-corrected chi connectivity index (χ3v) is 5.13. The molecule has 4 nitrogen and oxygen atoms in total. The highest BCUT2D eigenvalue weighted by molar-refractivity contribution is 5.98. The van der Waals surface area contributed by atoms with Gasteiger partial charge >= 0.3 is 0 Å². The normalized spacial score (nSPS) is 13.7. The van der Waals surface area contributed by atoms with Crippen LogP contribution in [0.15, 0.2) is 59.5 Å². The van der Waals surface area contributed by atoms with Gasteiger partial charge in [-0.3, -0.25) is 9.59 Å². The minimum Gasteiger partial charge on any atom is -0.349 e.